The zero-order valence-electron chi connectivity index (χ0n) is 11.1. The molecule has 1 saturated heterocycles. The molecule has 0 spiro atoms. The van der Waals surface area contributed by atoms with Crippen molar-refractivity contribution in [1.82, 2.24) is 4.90 Å². The summed E-state index contributed by atoms with van der Waals surface area (Å²) in [4.78, 5) is 2.51. The molecule has 1 aromatic rings. The smallest absolute Gasteiger partial charge is 0.0513 e. The Morgan fingerprint density at radius 3 is 2.83 bits per heavy atom. The van der Waals surface area contributed by atoms with E-state index in [0.717, 1.165) is 31.0 Å². The molecule has 18 heavy (non-hydrogen) atoms. The Hall–Kier alpha value is -0.570. The lowest BCUT2D eigenvalue weighted by Crippen LogP contribution is -2.40. The number of halogens is 1. The maximum atomic E-state index is 6.40. The number of likely N-dealkylation sites (tertiary alicyclic amines) is 1. The maximum Gasteiger partial charge on any atom is 0.0513 e. The molecule has 3 heteroatoms. The second kappa shape index (κ2) is 6.55. The molecule has 2 nitrogen and oxygen atoms in total. The normalized spacial score (nSPS) is 25.9. The van der Waals surface area contributed by atoms with Crippen molar-refractivity contribution in [3.63, 3.8) is 0 Å². The monoisotopic (exact) mass is 266 g/mol. The van der Waals surface area contributed by atoms with E-state index in [4.69, 9.17) is 17.3 Å². The first-order valence-electron chi connectivity index (χ1n) is 6.98. The van der Waals surface area contributed by atoms with Gasteiger partial charge >= 0.3 is 0 Å². The summed E-state index contributed by atoms with van der Waals surface area (Å²) in [5, 5.41) is 0.848. The zero-order chi connectivity index (χ0) is 13.0. The molecule has 2 unspecified atom stereocenters. The highest BCUT2D eigenvalue weighted by molar-refractivity contribution is 6.31. The molecule has 1 aromatic carbocycles. The van der Waals surface area contributed by atoms with E-state index in [0.29, 0.717) is 0 Å². The van der Waals surface area contributed by atoms with Crippen molar-refractivity contribution in [1.29, 1.82) is 0 Å². The van der Waals surface area contributed by atoms with Crippen molar-refractivity contribution in [2.45, 2.75) is 44.7 Å². The molecule has 1 aliphatic heterocycles. The minimum atomic E-state index is 0.193. The Morgan fingerprint density at radius 1 is 1.33 bits per heavy atom. The topological polar surface area (TPSA) is 29.3 Å². The van der Waals surface area contributed by atoms with Gasteiger partial charge in [0.2, 0.25) is 0 Å². The quantitative estimate of drug-likeness (QED) is 0.906. The predicted octanol–water partition coefficient (Wildman–Crippen LogP) is 3.60. The predicted molar refractivity (Wildman–Crippen MR) is 77.9 cm³/mol. The number of nitrogens with two attached hydrogens (primary N) is 1. The summed E-state index contributed by atoms with van der Waals surface area (Å²) in [7, 11) is 0. The molecule has 100 valence electrons. The van der Waals surface area contributed by atoms with E-state index in [1.807, 2.05) is 12.1 Å². The van der Waals surface area contributed by atoms with Crippen LogP contribution in [0.25, 0.3) is 0 Å². The lowest BCUT2D eigenvalue weighted by atomic mass is 9.96. The summed E-state index contributed by atoms with van der Waals surface area (Å²) in [6.07, 6.45) is 4.72. The second-order valence-corrected chi connectivity index (χ2v) is 5.57. The molecule has 2 atom stereocenters. The third-order valence-electron chi connectivity index (χ3n) is 3.77. The van der Waals surface area contributed by atoms with Crippen molar-refractivity contribution >= 4 is 11.6 Å². The van der Waals surface area contributed by atoms with Gasteiger partial charge in [-0.1, -0.05) is 43.1 Å². The lowest BCUT2D eigenvalue weighted by Gasteiger charge is -2.34. The molecule has 2 N–H and O–H groups in total. The van der Waals surface area contributed by atoms with Crippen LogP contribution >= 0.6 is 11.6 Å². The number of rotatable bonds is 3. The highest BCUT2D eigenvalue weighted by Crippen LogP contribution is 2.33. The average molecular weight is 267 g/mol. The number of benzene rings is 1. The SMILES string of the molecule is CCCN1CCCCC(N)C1c1ccccc1Cl. The van der Waals surface area contributed by atoms with Crippen LogP contribution < -0.4 is 5.73 Å². The molecule has 0 amide bonds. The van der Waals surface area contributed by atoms with Crippen LogP contribution in [-0.2, 0) is 0 Å². The molecule has 0 saturated carbocycles. The Balaban J connectivity index is 2.31. The Morgan fingerprint density at radius 2 is 2.11 bits per heavy atom. The summed E-state index contributed by atoms with van der Waals surface area (Å²) in [6.45, 7) is 4.46. The Bertz CT molecular complexity index is 381. The summed E-state index contributed by atoms with van der Waals surface area (Å²) in [5.74, 6) is 0. The minimum Gasteiger partial charge on any atom is -0.326 e. The van der Waals surface area contributed by atoms with Crippen molar-refractivity contribution in [2.75, 3.05) is 13.1 Å². The standard InChI is InChI=1S/C15H23ClN2/c1-2-10-18-11-6-5-9-14(17)15(18)12-7-3-4-8-13(12)16/h3-4,7-8,14-15H,2,5-6,9-11,17H2,1H3. The molecule has 0 bridgehead atoms. The van der Waals surface area contributed by atoms with Crippen LogP contribution in [0.1, 0.15) is 44.2 Å². The summed E-state index contributed by atoms with van der Waals surface area (Å²) < 4.78 is 0. The molecule has 1 fully saturated rings. The van der Waals surface area contributed by atoms with Gasteiger partial charge in [0.15, 0.2) is 0 Å². The third-order valence-corrected chi connectivity index (χ3v) is 4.11. The first kappa shape index (κ1) is 13.9. The average Bonchev–Trinajstić information content (AvgIpc) is 2.53. The van der Waals surface area contributed by atoms with Crippen molar-refractivity contribution in [3.8, 4) is 0 Å². The Kier molecular flexibility index (Phi) is 5.04. The van der Waals surface area contributed by atoms with Gasteiger partial charge in [0.1, 0.15) is 0 Å². The fourth-order valence-corrected chi connectivity index (χ4v) is 3.19. The molecule has 0 aromatic heterocycles. The van der Waals surface area contributed by atoms with E-state index < -0.39 is 0 Å². The molecule has 2 rings (SSSR count). The number of hydrogen-bond acceptors (Lipinski definition) is 2. The molecule has 0 radical (unpaired) electrons. The van der Waals surface area contributed by atoms with Crippen LogP contribution in [0.5, 0.6) is 0 Å². The summed E-state index contributed by atoms with van der Waals surface area (Å²) in [5.41, 5.74) is 7.60. The molecular formula is C15H23ClN2. The van der Waals surface area contributed by atoms with Crippen molar-refractivity contribution in [2.24, 2.45) is 5.73 Å². The maximum absolute atomic E-state index is 6.40. The third kappa shape index (κ3) is 3.05. The van der Waals surface area contributed by atoms with E-state index in [2.05, 4.69) is 24.0 Å². The van der Waals surface area contributed by atoms with Gasteiger partial charge in [0, 0.05) is 11.1 Å². The van der Waals surface area contributed by atoms with E-state index >= 15 is 0 Å². The number of hydrogen-bond donors (Lipinski definition) is 1. The summed E-state index contributed by atoms with van der Waals surface area (Å²) >= 11 is 6.36. The zero-order valence-corrected chi connectivity index (χ0v) is 11.9. The summed E-state index contributed by atoms with van der Waals surface area (Å²) in [6, 6.07) is 8.61. The fraction of sp³-hybridized carbons (Fsp3) is 0.600. The van der Waals surface area contributed by atoms with Gasteiger partial charge in [-0.3, -0.25) is 4.90 Å². The first-order valence-corrected chi connectivity index (χ1v) is 7.36. The van der Waals surface area contributed by atoms with Crippen molar-refractivity contribution < 1.29 is 0 Å². The van der Waals surface area contributed by atoms with Crippen LogP contribution in [0.15, 0.2) is 24.3 Å². The van der Waals surface area contributed by atoms with Crippen LogP contribution in [-0.4, -0.2) is 24.0 Å². The lowest BCUT2D eigenvalue weighted by molar-refractivity contribution is 0.186. The van der Waals surface area contributed by atoms with Crippen molar-refractivity contribution in [3.05, 3.63) is 34.9 Å². The Labute approximate surface area is 115 Å². The molecule has 1 heterocycles. The highest BCUT2D eigenvalue weighted by atomic mass is 35.5. The van der Waals surface area contributed by atoms with Gasteiger partial charge in [0.05, 0.1) is 6.04 Å². The van der Waals surface area contributed by atoms with Gasteiger partial charge < -0.3 is 5.73 Å². The van der Waals surface area contributed by atoms with E-state index in [9.17, 15) is 0 Å². The van der Waals surface area contributed by atoms with Gasteiger partial charge in [-0.15, -0.1) is 0 Å². The van der Waals surface area contributed by atoms with E-state index in [1.165, 1.54) is 18.4 Å². The first-order chi connectivity index (χ1) is 8.74. The molecule has 1 aliphatic rings. The van der Waals surface area contributed by atoms with E-state index in [1.54, 1.807) is 0 Å². The van der Waals surface area contributed by atoms with Crippen LogP contribution in [0.2, 0.25) is 5.02 Å². The highest BCUT2D eigenvalue weighted by Gasteiger charge is 2.29. The van der Waals surface area contributed by atoms with Crippen LogP contribution in [0, 0.1) is 0 Å². The van der Waals surface area contributed by atoms with Gasteiger partial charge in [-0.05, 0) is 44.0 Å². The number of nitrogens with zero attached hydrogens (tertiary/aromatic N) is 1. The van der Waals surface area contributed by atoms with Crippen LogP contribution in [0.3, 0.4) is 0 Å². The minimum absolute atomic E-state index is 0.193. The van der Waals surface area contributed by atoms with Gasteiger partial charge in [-0.2, -0.15) is 0 Å². The molecule has 0 aliphatic carbocycles. The fourth-order valence-electron chi connectivity index (χ4n) is 2.94. The van der Waals surface area contributed by atoms with Gasteiger partial charge in [-0.25, -0.2) is 0 Å². The largest absolute Gasteiger partial charge is 0.326 e. The second-order valence-electron chi connectivity index (χ2n) is 5.16. The van der Waals surface area contributed by atoms with E-state index in [-0.39, 0.29) is 12.1 Å². The van der Waals surface area contributed by atoms with Gasteiger partial charge in [0.25, 0.3) is 0 Å². The van der Waals surface area contributed by atoms with Crippen LogP contribution in [0.4, 0.5) is 0 Å². The molecular weight excluding hydrogens is 244 g/mol.